The summed E-state index contributed by atoms with van der Waals surface area (Å²) in [6.07, 6.45) is 2.81. The Labute approximate surface area is 98.8 Å². The normalized spacial score (nSPS) is 18.3. The van der Waals surface area contributed by atoms with Crippen LogP contribution in [0.2, 0.25) is 0 Å². The highest BCUT2D eigenvalue weighted by molar-refractivity contribution is 5.77. The fourth-order valence-electron chi connectivity index (χ4n) is 1.69. The third kappa shape index (κ3) is 3.78. The number of carbonyl (C=O) groups excluding carboxylic acids is 1. The number of nitrogens with zero attached hydrogens (tertiary/aromatic N) is 1. The molecule has 3 heteroatoms. The van der Waals surface area contributed by atoms with E-state index >= 15 is 0 Å². The van der Waals surface area contributed by atoms with E-state index < -0.39 is 0 Å². The van der Waals surface area contributed by atoms with Gasteiger partial charge in [-0.25, -0.2) is 0 Å². The fraction of sp³-hybridized carbons (Fsp3) is 0.923. The van der Waals surface area contributed by atoms with E-state index in [1.807, 2.05) is 4.90 Å². The van der Waals surface area contributed by atoms with E-state index in [4.69, 9.17) is 5.11 Å². The first kappa shape index (κ1) is 13.5. The van der Waals surface area contributed by atoms with Crippen LogP contribution in [0.3, 0.4) is 0 Å². The zero-order valence-corrected chi connectivity index (χ0v) is 11.0. The van der Waals surface area contributed by atoms with Crippen molar-refractivity contribution in [3.05, 3.63) is 0 Å². The van der Waals surface area contributed by atoms with E-state index in [0.29, 0.717) is 24.9 Å². The molecule has 0 aromatic carbocycles. The van der Waals surface area contributed by atoms with Crippen LogP contribution in [0.25, 0.3) is 0 Å². The predicted octanol–water partition coefficient (Wildman–Crippen LogP) is 2.04. The summed E-state index contributed by atoms with van der Waals surface area (Å²) in [6, 6.07) is 0.409. The minimum Gasteiger partial charge on any atom is -0.395 e. The van der Waals surface area contributed by atoms with Crippen LogP contribution in [0.15, 0.2) is 0 Å². The van der Waals surface area contributed by atoms with Crippen molar-refractivity contribution < 1.29 is 9.90 Å². The van der Waals surface area contributed by atoms with Crippen LogP contribution in [0, 0.1) is 11.3 Å². The monoisotopic (exact) mass is 227 g/mol. The van der Waals surface area contributed by atoms with Gasteiger partial charge in [0.2, 0.25) is 5.91 Å². The van der Waals surface area contributed by atoms with Crippen LogP contribution in [-0.4, -0.2) is 35.1 Å². The summed E-state index contributed by atoms with van der Waals surface area (Å²) in [5.41, 5.74) is 0.171. The minimum absolute atomic E-state index is 0.0755. The van der Waals surface area contributed by atoms with Gasteiger partial charge in [0.05, 0.1) is 6.61 Å². The lowest BCUT2D eigenvalue weighted by Gasteiger charge is -2.29. The van der Waals surface area contributed by atoms with Crippen LogP contribution in [0.1, 0.15) is 47.0 Å². The van der Waals surface area contributed by atoms with Crippen molar-refractivity contribution in [3.63, 3.8) is 0 Å². The summed E-state index contributed by atoms with van der Waals surface area (Å²) in [6.45, 7) is 9.20. The van der Waals surface area contributed by atoms with E-state index in [-0.39, 0.29) is 17.9 Å². The Balaban J connectivity index is 2.48. The second kappa shape index (κ2) is 5.17. The molecule has 0 aliphatic heterocycles. The Morgan fingerprint density at radius 2 is 2.00 bits per heavy atom. The van der Waals surface area contributed by atoms with E-state index in [9.17, 15) is 4.79 Å². The largest absolute Gasteiger partial charge is 0.395 e. The second-order valence-electron chi connectivity index (χ2n) is 6.01. The highest BCUT2D eigenvalue weighted by Crippen LogP contribution is 2.31. The number of hydrogen-bond acceptors (Lipinski definition) is 2. The van der Waals surface area contributed by atoms with Gasteiger partial charge >= 0.3 is 0 Å². The zero-order chi connectivity index (χ0) is 12.3. The number of hydrogen-bond donors (Lipinski definition) is 1. The van der Waals surface area contributed by atoms with Crippen LogP contribution in [0.5, 0.6) is 0 Å². The van der Waals surface area contributed by atoms with Crippen molar-refractivity contribution in [2.24, 2.45) is 11.3 Å². The highest BCUT2D eigenvalue weighted by atomic mass is 16.3. The van der Waals surface area contributed by atoms with Gasteiger partial charge in [-0.2, -0.15) is 0 Å². The molecule has 1 saturated carbocycles. The standard InChI is InChI=1S/C13H25NO2/c1-10(13(2,3)4)9-12(16)14(7-8-15)11-5-6-11/h10-11,15H,5-9H2,1-4H3. The third-order valence-electron chi connectivity index (χ3n) is 3.61. The van der Waals surface area contributed by atoms with Gasteiger partial charge in [-0.15, -0.1) is 0 Å². The Morgan fingerprint density at radius 3 is 2.38 bits per heavy atom. The quantitative estimate of drug-likeness (QED) is 0.781. The Kier molecular flexibility index (Phi) is 4.36. The number of aliphatic hydroxyl groups is 1. The molecule has 94 valence electrons. The molecule has 0 saturated heterocycles. The molecular weight excluding hydrogens is 202 g/mol. The number of amides is 1. The molecule has 1 amide bonds. The summed E-state index contributed by atoms with van der Waals surface area (Å²) in [5, 5.41) is 8.96. The molecule has 16 heavy (non-hydrogen) atoms. The van der Waals surface area contributed by atoms with Crippen molar-refractivity contribution in [2.75, 3.05) is 13.2 Å². The first-order valence-corrected chi connectivity index (χ1v) is 6.26. The van der Waals surface area contributed by atoms with Crippen molar-refractivity contribution in [1.29, 1.82) is 0 Å². The Hall–Kier alpha value is -0.570. The summed E-state index contributed by atoms with van der Waals surface area (Å²) >= 11 is 0. The maximum Gasteiger partial charge on any atom is 0.223 e. The maximum atomic E-state index is 12.1. The van der Waals surface area contributed by atoms with Crippen molar-refractivity contribution >= 4 is 5.91 Å². The SMILES string of the molecule is CC(CC(=O)N(CCO)C1CC1)C(C)(C)C. The van der Waals surface area contributed by atoms with Gasteiger partial charge in [0.15, 0.2) is 0 Å². The molecule has 1 atom stereocenters. The molecule has 0 aromatic heterocycles. The first-order chi connectivity index (χ1) is 7.36. The van der Waals surface area contributed by atoms with Crippen LogP contribution in [-0.2, 0) is 4.79 Å². The summed E-state index contributed by atoms with van der Waals surface area (Å²) in [5.74, 6) is 0.582. The van der Waals surface area contributed by atoms with Gasteiger partial charge < -0.3 is 10.0 Å². The van der Waals surface area contributed by atoms with Crippen LogP contribution >= 0.6 is 0 Å². The summed E-state index contributed by atoms with van der Waals surface area (Å²) in [4.78, 5) is 13.9. The molecular formula is C13H25NO2. The summed E-state index contributed by atoms with van der Waals surface area (Å²) < 4.78 is 0. The average molecular weight is 227 g/mol. The maximum absolute atomic E-state index is 12.1. The number of carbonyl (C=O) groups is 1. The molecule has 1 rings (SSSR count). The Bertz CT molecular complexity index is 241. The molecule has 0 radical (unpaired) electrons. The first-order valence-electron chi connectivity index (χ1n) is 6.26. The van der Waals surface area contributed by atoms with Gasteiger partial charge in [0, 0.05) is 19.0 Å². The van der Waals surface area contributed by atoms with Crippen LogP contribution in [0.4, 0.5) is 0 Å². The third-order valence-corrected chi connectivity index (χ3v) is 3.61. The molecule has 0 aromatic rings. The van der Waals surface area contributed by atoms with Crippen molar-refractivity contribution in [1.82, 2.24) is 4.90 Å². The van der Waals surface area contributed by atoms with Crippen LogP contribution < -0.4 is 0 Å². The minimum atomic E-state index is 0.0755. The lowest BCUT2D eigenvalue weighted by Crippen LogP contribution is -2.37. The van der Waals surface area contributed by atoms with Gasteiger partial charge in [0.1, 0.15) is 0 Å². The molecule has 3 nitrogen and oxygen atoms in total. The van der Waals surface area contributed by atoms with E-state index in [0.717, 1.165) is 12.8 Å². The molecule has 1 fully saturated rings. The number of aliphatic hydroxyl groups excluding tert-OH is 1. The smallest absolute Gasteiger partial charge is 0.223 e. The fourth-order valence-corrected chi connectivity index (χ4v) is 1.69. The molecule has 1 aliphatic rings. The molecule has 1 N–H and O–H groups in total. The summed E-state index contributed by atoms with van der Waals surface area (Å²) in [7, 11) is 0. The van der Waals surface area contributed by atoms with Gasteiger partial charge in [-0.05, 0) is 24.2 Å². The zero-order valence-electron chi connectivity index (χ0n) is 11.0. The predicted molar refractivity (Wildman–Crippen MR) is 65.1 cm³/mol. The van der Waals surface area contributed by atoms with Crippen molar-refractivity contribution in [3.8, 4) is 0 Å². The van der Waals surface area contributed by atoms with Gasteiger partial charge in [-0.1, -0.05) is 27.7 Å². The van der Waals surface area contributed by atoms with E-state index in [2.05, 4.69) is 27.7 Å². The molecule has 0 spiro atoms. The number of rotatable bonds is 5. The molecule has 0 heterocycles. The van der Waals surface area contributed by atoms with Gasteiger partial charge in [-0.3, -0.25) is 4.79 Å². The lowest BCUT2D eigenvalue weighted by atomic mass is 9.80. The molecule has 0 bridgehead atoms. The Morgan fingerprint density at radius 1 is 1.44 bits per heavy atom. The second-order valence-corrected chi connectivity index (χ2v) is 6.01. The van der Waals surface area contributed by atoms with Crippen molar-refractivity contribution in [2.45, 2.75) is 53.0 Å². The molecule has 1 unspecified atom stereocenters. The average Bonchev–Trinajstić information content (AvgIpc) is 2.95. The lowest BCUT2D eigenvalue weighted by molar-refractivity contribution is -0.134. The van der Waals surface area contributed by atoms with E-state index in [1.54, 1.807) is 0 Å². The topological polar surface area (TPSA) is 40.5 Å². The molecule has 1 aliphatic carbocycles. The van der Waals surface area contributed by atoms with Gasteiger partial charge in [0.25, 0.3) is 0 Å². The van der Waals surface area contributed by atoms with E-state index in [1.165, 1.54) is 0 Å². The highest BCUT2D eigenvalue weighted by Gasteiger charge is 2.33.